The maximum atomic E-state index is 12.1. The normalized spacial score (nSPS) is 16.4. The van der Waals surface area contributed by atoms with Crippen molar-refractivity contribution in [2.75, 3.05) is 6.54 Å². The average molecular weight is 295 g/mol. The zero-order valence-corrected chi connectivity index (χ0v) is 12.6. The molecule has 0 aliphatic heterocycles. The van der Waals surface area contributed by atoms with Crippen molar-refractivity contribution in [3.8, 4) is 0 Å². The molecule has 5 nitrogen and oxygen atoms in total. The molecule has 1 aliphatic carbocycles. The summed E-state index contributed by atoms with van der Waals surface area (Å²) in [6.45, 7) is 2.41. The molecule has 0 atom stereocenters. The molecule has 0 aromatic carbocycles. The highest BCUT2D eigenvalue weighted by atomic mass is 32.1. The second kappa shape index (κ2) is 7.38. The molecule has 0 saturated heterocycles. The second-order valence-electron chi connectivity index (χ2n) is 5.06. The largest absolute Gasteiger partial charge is 0.350 e. The molecule has 0 unspecified atom stereocenters. The smallest absolute Gasteiger partial charge is 0.280 e. The summed E-state index contributed by atoms with van der Waals surface area (Å²) in [5.74, 6) is -0.380. The lowest BCUT2D eigenvalue weighted by atomic mass is 10.1. The van der Waals surface area contributed by atoms with Crippen LogP contribution in [0.1, 0.15) is 65.7 Å². The summed E-state index contributed by atoms with van der Waals surface area (Å²) >= 11 is 1.21. The van der Waals surface area contributed by atoms with E-state index < -0.39 is 0 Å². The quantitative estimate of drug-likeness (QED) is 0.838. The summed E-state index contributed by atoms with van der Waals surface area (Å²) in [6, 6.07) is 0.250. The van der Waals surface area contributed by atoms with Gasteiger partial charge in [0.2, 0.25) is 0 Å². The van der Waals surface area contributed by atoms with Crippen LogP contribution in [0.15, 0.2) is 5.38 Å². The molecule has 1 saturated carbocycles. The summed E-state index contributed by atoms with van der Waals surface area (Å²) in [5.41, 5.74) is 0.348. The zero-order chi connectivity index (χ0) is 14.4. The average Bonchev–Trinajstić information content (AvgIpc) is 2.79. The number of aromatic nitrogens is 1. The molecular weight excluding hydrogens is 274 g/mol. The van der Waals surface area contributed by atoms with Gasteiger partial charge in [-0.2, -0.15) is 0 Å². The lowest BCUT2D eigenvalue weighted by molar-refractivity contribution is 0.0929. The third kappa shape index (κ3) is 4.03. The van der Waals surface area contributed by atoms with Crippen molar-refractivity contribution in [3.05, 3.63) is 16.1 Å². The highest BCUT2D eigenvalue weighted by Gasteiger charge is 2.19. The molecule has 110 valence electrons. The molecule has 1 aromatic heterocycles. The van der Waals surface area contributed by atoms with Crippen molar-refractivity contribution in [1.82, 2.24) is 15.6 Å². The van der Waals surface area contributed by atoms with Crippen LogP contribution in [-0.2, 0) is 0 Å². The van der Waals surface area contributed by atoms with Crippen molar-refractivity contribution in [1.29, 1.82) is 0 Å². The van der Waals surface area contributed by atoms with Crippen molar-refractivity contribution < 1.29 is 9.59 Å². The SMILES string of the molecule is CCNC(=O)c1nc(C(=O)NC2CCCCCC2)cs1. The summed E-state index contributed by atoms with van der Waals surface area (Å²) in [4.78, 5) is 27.9. The molecule has 1 aromatic rings. The standard InChI is InChI=1S/C14H21N3O2S/c1-2-15-13(19)14-17-11(9-20-14)12(18)16-10-7-5-3-4-6-8-10/h9-10H,2-8H2,1H3,(H,15,19)(H,16,18). The number of hydrogen-bond acceptors (Lipinski definition) is 4. The van der Waals surface area contributed by atoms with E-state index >= 15 is 0 Å². The number of carbonyl (C=O) groups excluding carboxylic acids is 2. The highest BCUT2D eigenvalue weighted by molar-refractivity contribution is 7.11. The Labute approximate surface area is 123 Å². The summed E-state index contributed by atoms with van der Waals surface area (Å²) in [6.07, 6.45) is 6.94. The first kappa shape index (κ1) is 15.0. The maximum Gasteiger partial charge on any atom is 0.280 e. The fourth-order valence-electron chi connectivity index (χ4n) is 2.40. The van der Waals surface area contributed by atoms with Crippen LogP contribution in [-0.4, -0.2) is 29.4 Å². The van der Waals surface area contributed by atoms with E-state index in [-0.39, 0.29) is 17.9 Å². The first-order valence-electron chi connectivity index (χ1n) is 7.25. The van der Waals surface area contributed by atoms with Gasteiger partial charge in [-0.3, -0.25) is 9.59 Å². The van der Waals surface area contributed by atoms with E-state index in [1.165, 1.54) is 37.0 Å². The lowest BCUT2D eigenvalue weighted by Gasteiger charge is -2.15. The van der Waals surface area contributed by atoms with Crippen molar-refractivity contribution in [2.45, 2.75) is 51.5 Å². The van der Waals surface area contributed by atoms with E-state index in [1.807, 2.05) is 6.92 Å². The van der Waals surface area contributed by atoms with Gasteiger partial charge >= 0.3 is 0 Å². The molecule has 1 aliphatic rings. The van der Waals surface area contributed by atoms with E-state index in [1.54, 1.807) is 5.38 Å². The van der Waals surface area contributed by atoms with Gasteiger partial charge in [0, 0.05) is 18.0 Å². The molecule has 1 fully saturated rings. The summed E-state index contributed by atoms with van der Waals surface area (Å²) in [7, 11) is 0. The third-order valence-electron chi connectivity index (χ3n) is 3.46. The maximum absolute atomic E-state index is 12.1. The Morgan fingerprint density at radius 3 is 2.60 bits per heavy atom. The van der Waals surface area contributed by atoms with Gasteiger partial charge in [-0.1, -0.05) is 25.7 Å². The minimum absolute atomic E-state index is 0.163. The first-order chi connectivity index (χ1) is 9.70. The van der Waals surface area contributed by atoms with Gasteiger partial charge in [-0.15, -0.1) is 11.3 Å². The molecule has 0 spiro atoms. The predicted molar refractivity (Wildman–Crippen MR) is 79.1 cm³/mol. The monoisotopic (exact) mass is 295 g/mol. The van der Waals surface area contributed by atoms with Gasteiger partial charge in [-0.25, -0.2) is 4.98 Å². The Morgan fingerprint density at radius 1 is 1.25 bits per heavy atom. The van der Waals surface area contributed by atoms with E-state index in [0.717, 1.165) is 12.8 Å². The minimum Gasteiger partial charge on any atom is -0.350 e. The van der Waals surface area contributed by atoms with Crippen LogP contribution in [0.4, 0.5) is 0 Å². The molecule has 2 amide bonds. The van der Waals surface area contributed by atoms with E-state index in [0.29, 0.717) is 17.2 Å². The van der Waals surface area contributed by atoms with Gasteiger partial charge in [0.1, 0.15) is 5.69 Å². The number of nitrogens with zero attached hydrogens (tertiary/aromatic N) is 1. The Bertz CT molecular complexity index is 465. The van der Waals surface area contributed by atoms with Crippen molar-refractivity contribution in [2.24, 2.45) is 0 Å². The number of hydrogen-bond donors (Lipinski definition) is 2. The number of nitrogens with one attached hydrogen (secondary N) is 2. The van der Waals surface area contributed by atoms with Gasteiger partial charge in [0.25, 0.3) is 11.8 Å². The van der Waals surface area contributed by atoms with Gasteiger partial charge in [0.05, 0.1) is 0 Å². The fourth-order valence-corrected chi connectivity index (χ4v) is 3.11. The van der Waals surface area contributed by atoms with Crippen LogP contribution < -0.4 is 10.6 Å². The molecule has 2 N–H and O–H groups in total. The molecular formula is C14H21N3O2S. The highest BCUT2D eigenvalue weighted by Crippen LogP contribution is 2.18. The van der Waals surface area contributed by atoms with Crippen LogP contribution >= 0.6 is 11.3 Å². The van der Waals surface area contributed by atoms with E-state index in [4.69, 9.17) is 0 Å². The Morgan fingerprint density at radius 2 is 1.95 bits per heavy atom. The summed E-state index contributed by atoms with van der Waals surface area (Å²) < 4.78 is 0. The second-order valence-corrected chi connectivity index (χ2v) is 5.92. The van der Waals surface area contributed by atoms with Crippen LogP contribution in [0.2, 0.25) is 0 Å². The molecule has 0 bridgehead atoms. The zero-order valence-electron chi connectivity index (χ0n) is 11.8. The Kier molecular flexibility index (Phi) is 5.52. The molecule has 6 heteroatoms. The molecule has 0 radical (unpaired) electrons. The van der Waals surface area contributed by atoms with Crippen LogP contribution in [0.25, 0.3) is 0 Å². The van der Waals surface area contributed by atoms with E-state index in [2.05, 4.69) is 15.6 Å². The predicted octanol–water partition coefficient (Wildman–Crippen LogP) is 2.35. The molecule has 1 heterocycles. The van der Waals surface area contributed by atoms with E-state index in [9.17, 15) is 9.59 Å². The Hall–Kier alpha value is -1.43. The fraction of sp³-hybridized carbons (Fsp3) is 0.643. The molecule has 20 heavy (non-hydrogen) atoms. The van der Waals surface area contributed by atoms with Crippen LogP contribution in [0.5, 0.6) is 0 Å². The number of rotatable bonds is 4. The van der Waals surface area contributed by atoms with Gasteiger partial charge in [-0.05, 0) is 19.8 Å². The van der Waals surface area contributed by atoms with Crippen molar-refractivity contribution >= 4 is 23.2 Å². The van der Waals surface area contributed by atoms with Gasteiger partial charge < -0.3 is 10.6 Å². The minimum atomic E-state index is -0.217. The number of amides is 2. The Balaban J connectivity index is 1.93. The first-order valence-corrected chi connectivity index (χ1v) is 8.13. The van der Waals surface area contributed by atoms with Crippen LogP contribution in [0, 0.1) is 0 Å². The lowest BCUT2D eigenvalue weighted by Crippen LogP contribution is -2.34. The molecule has 2 rings (SSSR count). The van der Waals surface area contributed by atoms with Crippen LogP contribution in [0.3, 0.4) is 0 Å². The third-order valence-corrected chi connectivity index (χ3v) is 4.30. The topological polar surface area (TPSA) is 71.1 Å². The number of thiazole rings is 1. The summed E-state index contributed by atoms with van der Waals surface area (Å²) in [5, 5.41) is 7.71. The van der Waals surface area contributed by atoms with Crippen molar-refractivity contribution in [3.63, 3.8) is 0 Å². The number of carbonyl (C=O) groups is 2. The van der Waals surface area contributed by atoms with Gasteiger partial charge in [0.15, 0.2) is 5.01 Å².